The topological polar surface area (TPSA) is 57.1 Å². The molecule has 1 atom stereocenters. The molecule has 0 radical (unpaired) electrons. The lowest BCUT2D eigenvalue weighted by molar-refractivity contribution is 0.0367. The van der Waals surface area contributed by atoms with E-state index < -0.39 is 6.10 Å². The molecule has 3 fully saturated rings. The average Bonchev–Trinajstić information content (AvgIpc) is 3.43. The van der Waals surface area contributed by atoms with Crippen LogP contribution in [0.15, 0.2) is 4.99 Å². The van der Waals surface area contributed by atoms with Crippen molar-refractivity contribution in [2.45, 2.75) is 62.7 Å². The molecule has 0 aromatic carbocycles. The van der Waals surface area contributed by atoms with Gasteiger partial charge in [-0.3, -0.25) is 4.99 Å². The summed E-state index contributed by atoms with van der Waals surface area (Å²) < 4.78 is 6.02. The zero-order valence-corrected chi connectivity index (χ0v) is 16.5. The van der Waals surface area contributed by atoms with Gasteiger partial charge < -0.3 is 20.1 Å². The fraction of sp³-hybridized carbons (Fsp3) is 0.947. The number of aliphatic imine (C=N–C) groups is 1. The minimum Gasteiger partial charge on any atom is -0.389 e. The number of guanidine groups is 1. The van der Waals surface area contributed by atoms with Crippen LogP contribution in [0.4, 0.5) is 0 Å². The Balaban J connectivity index is 1.51. The van der Waals surface area contributed by atoms with Gasteiger partial charge in [0, 0.05) is 36.7 Å². The maximum atomic E-state index is 10.2. The van der Waals surface area contributed by atoms with Gasteiger partial charge >= 0.3 is 0 Å². The molecule has 2 saturated carbocycles. The van der Waals surface area contributed by atoms with Gasteiger partial charge in [-0.1, -0.05) is 19.3 Å². The average molecular weight is 370 g/mol. The van der Waals surface area contributed by atoms with Crippen molar-refractivity contribution in [2.75, 3.05) is 45.1 Å². The highest BCUT2D eigenvalue weighted by Gasteiger charge is 2.38. The summed E-state index contributed by atoms with van der Waals surface area (Å²) in [4.78, 5) is 7.14. The summed E-state index contributed by atoms with van der Waals surface area (Å²) in [6, 6.07) is 0. The van der Waals surface area contributed by atoms with Crippen LogP contribution in [0.2, 0.25) is 0 Å². The van der Waals surface area contributed by atoms with Crippen molar-refractivity contribution in [1.82, 2.24) is 10.2 Å². The molecule has 6 heteroatoms. The van der Waals surface area contributed by atoms with Crippen LogP contribution >= 0.6 is 11.8 Å². The fourth-order valence-corrected chi connectivity index (χ4v) is 5.42. The van der Waals surface area contributed by atoms with E-state index in [2.05, 4.69) is 28.9 Å². The highest BCUT2D eigenvalue weighted by atomic mass is 32.2. The van der Waals surface area contributed by atoms with Crippen LogP contribution in [0, 0.1) is 5.92 Å². The molecular formula is C19H35N3O2S. The molecular weight excluding hydrogens is 334 g/mol. The largest absolute Gasteiger partial charge is 0.389 e. The van der Waals surface area contributed by atoms with Crippen molar-refractivity contribution in [3.63, 3.8) is 0 Å². The van der Waals surface area contributed by atoms with Crippen LogP contribution in [0.3, 0.4) is 0 Å². The highest BCUT2D eigenvalue weighted by Crippen LogP contribution is 2.42. The number of nitrogens with one attached hydrogen (secondary N) is 1. The first-order chi connectivity index (χ1) is 12.2. The van der Waals surface area contributed by atoms with Crippen molar-refractivity contribution in [3.05, 3.63) is 0 Å². The molecule has 1 heterocycles. The number of rotatable bonds is 7. The normalized spacial score (nSPS) is 25.2. The lowest BCUT2D eigenvalue weighted by atomic mass is 9.87. The second-order valence-corrected chi connectivity index (χ2v) is 9.41. The first kappa shape index (κ1) is 19.3. The zero-order chi connectivity index (χ0) is 17.5. The van der Waals surface area contributed by atoms with Crippen molar-refractivity contribution < 1.29 is 9.84 Å². The third-order valence-corrected chi connectivity index (χ3v) is 7.00. The van der Waals surface area contributed by atoms with E-state index in [4.69, 9.17) is 9.73 Å². The number of aliphatic hydroxyl groups excluding tert-OH is 1. The Morgan fingerprint density at radius 3 is 2.88 bits per heavy atom. The Kier molecular flexibility index (Phi) is 7.31. The number of ether oxygens (including phenoxy) is 1. The fourth-order valence-electron chi connectivity index (χ4n) is 3.85. The van der Waals surface area contributed by atoms with Crippen LogP contribution in [-0.2, 0) is 4.74 Å². The number of aliphatic hydroxyl groups is 1. The molecule has 5 nitrogen and oxygen atoms in total. The molecule has 3 rings (SSSR count). The van der Waals surface area contributed by atoms with E-state index in [-0.39, 0.29) is 0 Å². The molecule has 2 aliphatic carbocycles. The van der Waals surface area contributed by atoms with Crippen molar-refractivity contribution in [1.29, 1.82) is 0 Å². The molecule has 144 valence electrons. The predicted molar refractivity (Wildman–Crippen MR) is 105 cm³/mol. The SMILES string of the molecule is CCNC(=NCC(O)COCC1CC1)N1CCSC2(CCCCC2)C1. The van der Waals surface area contributed by atoms with Gasteiger partial charge in [0.25, 0.3) is 0 Å². The van der Waals surface area contributed by atoms with E-state index in [1.54, 1.807) is 0 Å². The molecule has 1 aliphatic heterocycles. The zero-order valence-electron chi connectivity index (χ0n) is 15.7. The van der Waals surface area contributed by atoms with Gasteiger partial charge in [-0.25, -0.2) is 0 Å². The van der Waals surface area contributed by atoms with Gasteiger partial charge in [-0.15, -0.1) is 0 Å². The Morgan fingerprint density at radius 1 is 1.36 bits per heavy atom. The molecule has 1 unspecified atom stereocenters. The summed E-state index contributed by atoms with van der Waals surface area (Å²) in [5.74, 6) is 2.89. The van der Waals surface area contributed by atoms with Crippen molar-refractivity contribution in [2.24, 2.45) is 10.9 Å². The Hall–Kier alpha value is -0.460. The third-order valence-electron chi connectivity index (χ3n) is 5.46. The summed E-state index contributed by atoms with van der Waals surface area (Å²) in [5, 5.41) is 13.6. The van der Waals surface area contributed by atoms with Crippen LogP contribution in [0.5, 0.6) is 0 Å². The Labute approximate surface area is 157 Å². The summed E-state index contributed by atoms with van der Waals surface area (Å²) in [7, 11) is 0. The molecule has 0 aromatic heterocycles. The van der Waals surface area contributed by atoms with Gasteiger partial charge in [0.05, 0.1) is 19.3 Å². The minimum atomic E-state index is -0.504. The lowest BCUT2D eigenvalue weighted by Crippen LogP contribution is -2.53. The van der Waals surface area contributed by atoms with Gasteiger partial charge in [0.2, 0.25) is 0 Å². The molecule has 3 aliphatic rings. The van der Waals surface area contributed by atoms with Gasteiger partial charge in [0.15, 0.2) is 5.96 Å². The van der Waals surface area contributed by atoms with Crippen LogP contribution in [-0.4, -0.2) is 72.0 Å². The van der Waals surface area contributed by atoms with E-state index in [9.17, 15) is 5.11 Å². The van der Waals surface area contributed by atoms with Gasteiger partial charge in [0.1, 0.15) is 0 Å². The van der Waals surface area contributed by atoms with Crippen molar-refractivity contribution >= 4 is 17.7 Å². The van der Waals surface area contributed by atoms with Crippen LogP contribution in [0.25, 0.3) is 0 Å². The third kappa shape index (κ3) is 6.04. The molecule has 1 saturated heterocycles. The van der Waals surface area contributed by atoms with E-state index >= 15 is 0 Å². The molecule has 1 spiro atoms. The second-order valence-electron chi connectivity index (χ2n) is 7.84. The first-order valence-corrected chi connectivity index (χ1v) is 11.1. The van der Waals surface area contributed by atoms with E-state index in [1.807, 2.05) is 0 Å². The molecule has 25 heavy (non-hydrogen) atoms. The summed E-state index contributed by atoms with van der Waals surface area (Å²) in [5.41, 5.74) is 0. The number of nitrogens with zero attached hydrogens (tertiary/aromatic N) is 2. The molecule has 0 amide bonds. The second kappa shape index (κ2) is 9.47. The smallest absolute Gasteiger partial charge is 0.194 e. The van der Waals surface area contributed by atoms with Crippen molar-refractivity contribution in [3.8, 4) is 0 Å². The van der Waals surface area contributed by atoms with Crippen LogP contribution in [0.1, 0.15) is 51.9 Å². The first-order valence-electron chi connectivity index (χ1n) is 10.1. The minimum absolute atomic E-state index is 0.402. The maximum Gasteiger partial charge on any atom is 0.194 e. The van der Waals surface area contributed by atoms with Crippen LogP contribution < -0.4 is 5.32 Å². The van der Waals surface area contributed by atoms with Gasteiger partial charge in [-0.2, -0.15) is 11.8 Å². The Morgan fingerprint density at radius 2 is 2.16 bits per heavy atom. The lowest BCUT2D eigenvalue weighted by Gasteiger charge is -2.45. The highest BCUT2D eigenvalue weighted by molar-refractivity contribution is 8.00. The van der Waals surface area contributed by atoms with E-state index in [0.29, 0.717) is 17.9 Å². The molecule has 0 bridgehead atoms. The maximum absolute atomic E-state index is 10.2. The number of hydrogen-bond acceptors (Lipinski definition) is 4. The summed E-state index contributed by atoms with van der Waals surface area (Å²) >= 11 is 2.18. The number of hydrogen-bond donors (Lipinski definition) is 2. The molecule has 0 aromatic rings. The Bertz CT molecular complexity index is 431. The monoisotopic (exact) mass is 369 g/mol. The van der Waals surface area contributed by atoms with E-state index in [1.165, 1.54) is 50.7 Å². The van der Waals surface area contributed by atoms with Gasteiger partial charge in [-0.05, 0) is 38.5 Å². The summed E-state index contributed by atoms with van der Waals surface area (Å²) in [6.45, 7) is 6.74. The summed E-state index contributed by atoms with van der Waals surface area (Å²) in [6.07, 6.45) is 8.87. The van der Waals surface area contributed by atoms with E-state index in [0.717, 1.165) is 38.1 Å². The predicted octanol–water partition coefficient (Wildman–Crippen LogP) is 2.49. The molecule has 2 N–H and O–H groups in total. The quantitative estimate of drug-likeness (QED) is 0.533. The standard InChI is InChI=1S/C19H35N3O2S/c1-2-20-18(21-12-17(23)14-24-13-16-6-7-16)22-10-11-25-19(15-22)8-4-3-5-9-19/h16-17,23H,2-15H2,1H3,(H,20,21). The number of thioether (sulfide) groups is 1.